The molecule has 5 amide bonds. The highest BCUT2D eigenvalue weighted by molar-refractivity contribution is 6.15. The molecule has 33 heteroatoms. The zero-order chi connectivity index (χ0) is 90.4. The summed E-state index contributed by atoms with van der Waals surface area (Å²) in [6.45, 7) is 1.95. The zero-order valence-corrected chi connectivity index (χ0v) is 68.0. The van der Waals surface area contributed by atoms with Gasteiger partial charge in [-0.1, -0.05) is 109 Å². The fourth-order valence-electron chi connectivity index (χ4n) is 13.7. The van der Waals surface area contributed by atoms with Crippen molar-refractivity contribution >= 4 is 124 Å². The first kappa shape index (κ1) is 85.4. The molecule has 0 saturated carbocycles. The molecule has 0 aliphatic heterocycles. The van der Waals surface area contributed by atoms with E-state index in [1.807, 2.05) is 147 Å². The van der Waals surface area contributed by atoms with Gasteiger partial charge in [-0.2, -0.15) is 38.7 Å². The van der Waals surface area contributed by atoms with E-state index in [0.717, 1.165) is 90.1 Å². The topological polar surface area (TPSA) is 405 Å². The molecule has 640 valence electrons. The lowest BCUT2D eigenvalue weighted by molar-refractivity contribution is -0.137. The maximum absolute atomic E-state index is 13.8. The molecule has 20 aromatic rings. The molecule has 0 bridgehead atoms. The third-order valence-electron chi connectivity index (χ3n) is 20.1. The Morgan fingerprint density at radius 3 is 1.00 bits per heavy atom. The second-order valence-corrected chi connectivity index (χ2v) is 29.0. The number of anilines is 7. The summed E-state index contributed by atoms with van der Waals surface area (Å²) in [4.78, 5) is 83.1. The molecular weight excluding hydrogens is 1670 g/mol. The summed E-state index contributed by atoms with van der Waals surface area (Å²) < 4.78 is 79.7. The van der Waals surface area contributed by atoms with Crippen molar-refractivity contribution in [2.24, 2.45) is 0 Å². The van der Waals surface area contributed by atoms with E-state index in [-0.39, 0.29) is 40.1 Å². The fraction of sp³-hybridized carbons (Fsp3) is 0.0206. The van der Waals surface area contributed by atoms with Gasteiger partial charge in [0, 0.05) is 133 Å². The number of nitrogens with one attached hydrogen (secondary N) is 10. The number of aryl methyl sites for hydroxylation is 1. The highest BCUT2D eigenvalue weighted by Crippen LogP contribution is 2.36. The minimum absolute atomic E-state index is 0.102. The van der Waals surface area contributed by atoms with Crippen molar-refractivity contribution in [2.45, 2.75) is 13.1 Å². The predicted octanol–water partition coefficient (Wildman–Crippen LogP) is 20.3. The lowest BCUT2D eigenvalue weighted by atomic mass is 10.0. The molecule has 0 atom stereocenters. The average molecular weight is 1740 g/mol. The molecule has 0 saturated heterocycles. The molecule has 20 rings (SSSR count). The van der Waals surface area contributed by atoms with Crippen molar-refractivity contribution < 1.29 is 50.3 Å². The van der Waals surface area contributed by atoms with Gasteiger partial charge >= 0.3 is 6.18 Å². The number of aromatic nitrogens is 15. The monoisotopic (exact) mass is 1740 g/mol. The van der Waals surface area contributed by atoms with Crippen molar-refractivity contribution in [3.63, 3.8) is 0 Å². The smallest absolute Gasteiger partial charge is 0.397 e. The molecule has 10 aromatic carbocycles. The van der Waals surface area contributed by atoms with Gasteiger partial charge in [0.1, 0.15) is 17.5 Å². The number of benzene rings is 10. The number of hydrogen-bond acceptors (Lipinski definition) is 17. The van der Waals surface area contributed by atoms with E-state index in [2.05, 4.69) is 102 Å². The summed E-state index contributed by atoms with van der Waals surface area (Å²) in [5, 5.41) is 51.2. The van der Waals surface area contributed by atoms with Gasteiger partial charge < -0.3 is 38.1 Å². The number of nitrogen functional groups attached to an aromatic ring is 2. The van der Waals surface area contributed by atoms with Gasteiger partial charge in [0.05, 0.1) is 55.9 Å². The first-order valence-electron chi connectivity index (χ1n) is 39.7. The summed E-state index contributed by atoms with van der Waals surface area (Å²) in [5.74, 6) is -3.48. The van der Waals surface area contributed by atoms with Gasteiger partial charge in [0.25, 0.3) is 29.5 Å². The maximum atomic E-state index is 13.8. The molecule has 0 aliphatic rings. The molecule has 0 radical (unpaired) electrons. The number of nitrogens with two attached hydrogens (primary N) is 2. The number of aromatic amines is 5. The molecule has 0 fully saturated rings. The lowest BCUT2D eigenvalue weighted by Gasteiger charge is -2.08. The molecule has 0 unspecified atom stereocenters. The number of carbonyl (C=O) groups is 5. The Kier molecular flexibility index (Phi) is 25.2. The van der Waals surface area contributed by atoms with Crippen LogP contribution < -0.4 is 38.1 Å². The van der Waals surface area contributed by atoms with Crippen LogP contribution in [0.5, 0.6) is 0 Å². The average Bonchev–Trinajstić information content (AvgIpc) is 1.63. The number of alkyl halides is 3. The number of H-pyrrole nitrogens is 5. The fourth-order valence-corrected chi connectivity index (χ4v) is 13.7. The van der Waals surface area contributed by atoms with Gasteiger partial charge in [0.2, 0.25) is 0 Å². The summed E-state index contributed by atoms with van der Waals surface area (Å²) in [7, 11) is 0. The molecule has 27 nitrogen and oxygen atoms in total. The van der Waals surface area contributed by atoms with Crippen LogP contribution in [0.4, 0.5) is 66.2 Å². The Hall–Kier alpha value is -18.2. The quantitative estimate of drug-likeness (QED) is 0.0424. The van der Waals surface area contributed by atoms with Crippen LogP contribution in [0.1, 0.15) is 63.7 Å². The Labute approximate surface area is 733 Å². The van der Waals surface area contributed by atoms with Crippen LogP contribution in [0.2, 0.25) is 0 Å². The van der Waals surface area contributed by atoms with Gasteiger partial charge in [-0.05, 0) is 192 Å². The number of hydrogen-bond donors (Lipinski definition) is 12. The number of fused-ring (bicyclic) bond motifs is 5. The van der Waals surface area contributed by atoms with Crippen molar-refractivity contribution in [3.8, 4) is 55.6 Å². The Morgan fingerprint density at radius 2 is 0.638 bits per heavy atom. The first-order chi connectivity index (χ1) is 63.1. The number of amides is 5. The van der Waals surface area contributed by atoms with Crippen molar-refractivity contribution in [2.75, 3.05) is 38.1 Å². The Balaban J connectivity index is 0.000000119. The standard InChI is InChI=1S/C20H13F3N4O.C20H16N4O.2C19H14FN5O.C19H13FN4O/c21-20(22,23)14-8-13(10-24-11-14)12-6-7-17-16(9-12)18(27-26-17)19(28)25-15-4-2-1-3-5-15;1-13-7-8-15(12-21-13)14-9-10-18-17(11-14)19(24-23-18)20(25)22-16-5-3-2-4-6-16;20-13-2-1-3-15(8-13)23-19(26)18-16-7-11(4-5-17(16)24-25-18)12-6-14(21)10-22-9-12;20-15-3-1-2-4-17(15)23-19(26)18-14-8-11(5-6-16(14)24-25-18)12-7-13(21)10-22-9-12;20-15-5-1-2-6-17(15)22-19(25)18-14-10-12(7-8-16(14)23-24-18)13-4-3-9-21-11-13/h1-11H,(H,25,28)(H,26,27);2-12H,1H3,(H,22,25)(H,23,24);2*1-10H,21H2,(H,23,26)(H,24,25);1-11H,(H,22,25)(H,23,24). The summed E-state index contributed by atoms with van der Waals surface area (Å²) in [6, 6.07) is 75.9. The highest BCUT2D eigenvalue weighted by atomic mass is 19.4. The van der Waals surface area contributed by atoms with E-state index in [4.69, 9.17) is 11.5 Å². The number of carbonyl (C=O) groups excluding carboxylic acids is 5. The molecule has 10 aromatic heterocycles. The summed E-state index contributed by atoms with van der Waals surface area (Å²) in [6.07, 6.45) is 9.45. The molecular formula is C97H70F6N22O5. The van der Waals surface area contributed by atoms with Gasteiger partial charge in [0.15, 0.2) is 28.5 Å². The van der Waals surface area contributed by atoms with E-state index >= 15 is 0 Å². The largest absolute Gasteiger partial charge is 0.417 e. The Morgan fingerprint density at radius 1 is 0.300 bits per heavy atom. The highest BCUT2D eigenvalue weighted by Gasteiger charge is 2.32. The number of rotatable bonds is 15. The molecule has 0 aliphatic carbocycles. The minimum Gasteiger partial charge on any atom is -0.397 e. The third-order valence-corrected chi connectivity index (χ3v) is 20.1. The summed E-state index contributed by atoms with van der Waals surface area (Å²) >= 11 is 0. The van der Waals surface area contributed by atoms with Crippen LogP contribution in [0.15, 0.2) is 323 Å². The number of nitrogens with zero attached hydrogens (tertiary/aromatic N) is 10. The third kappa shape index (κ3) is 20.2. The van der Waals surface area contributed by atoms with Crippen LogP contribution >= 0.6 is 0 Å². The van der Waals surface area contributed by atoms with E-state index in [1.165, 1.54) is 48.7 Å². The second kappa shape index (κ2) is 38.3. The van der Waals surface area contributed by atoms with Crippen LogP contribution in [0.25, 0.3) is 110 Å². The first-order valence-corrected chi connectivity index (χ1v) is 39.7. The normalized spacial score (nSPS) is 10.9. The number of halogens is 6. The molecule has 14 N–H and O–H groups in total. The molecule has 130 heavy (non-hydrogen) atoms. The Bertz CT molecular complexity index is 7560. The van der Waals surface area contributed by atoms with Crippen LogP contribution in [-0.4, -0.2) is 105 Å². The molecule has 0 spiro atoms. The maximum Gasteiger partial charge on any atom is 0.417 e. The van der Waals surface area contributed by atoms with Gasteiger partial charge in [-0.25, -0.2) is 13.2 Å². The second-order valence-electron chi connectivity index (χ2n) is 29.0. The summed E-state index contributed by atoms with van der Waals surface area (Å²) in [5.41, 5.74) is 27.5. The van der Waals surface area contributed by atoms with Gasteiger partial charge in [-0.3, -0.25) is 74.4 Å². The van der Waals surface area contributed by atoms with Crippen molar-refractivity contribution in [1.82, 2.24) is 75.9 Å². The minimum atomic E-state index is -4.48. The molecule has 10 heterocycles. The van der Waals surface area contributed by atoms with Crippen molar-refractivity contribution in [1.29, 1.82) is 0 Å². The van der Waals surface area contributed by atoms with Crippen LogP contribution in [0, 0.1) is 24.4 Å². The van der Waals surface area contributed by atoms with Crippen LogP contribution in [-0.2, 0) is 6.18 Å². The number of pyridine rings is 5. The SMILES string of the molecule is Cc1ccc(-c2ccc3[nH]nc(C(=O)Nc4ccccc4)c3c2)cn1.Nc1cncc(-c2ccc3[nH]nc(C(=O)Nc4cccc(F)c4)c3c2)c1.Nc1cncc(-c2ccc3[nH]nc(C(=O)Nc4ccccc4F)c3c2)c1.O=C(Nc1ccccc1)c1n[nH]c2ccc(-c3cncc(C(F)(F)F)c3)cc12.O=C(Nc1ccccc1F)c1n[nH]c2ccc(-c3cccnc3)cc12. The lowest BCUT2D eigenvalue weighted by Crippen LogP contribution is -2.13. The van der Waals surface area contributed by atoms with E-state index in [1.54, 1.807) is 122 Å². The van der Waals surface area contributed by atoms with Crippen molar-refractivity contribution in [3.05, 3.63) is 380 Å². The van der Waals surface area contributed by atoms with Gasteiger partial charge in [-0.15, -0.1) is 0 Å². The zero-order valence-electron chi connectivity index (χ0n) is 68.0. The predicted molar refractivity (Wildman–Crippen MR) is 487 cm³/mol. The number of para-hydroxylation sites is 4. The van der Waals surface area contributed by atoms with E-state index in [9.17, 15) is 50.3 Å². The van der Waals surface area contributed by atoms with E-state index in [0.29, 0.717) is 72.1 Å². The van der Waals surface area contributed by atoms with E-state index < -0.39 is 52.8 Å². The van der Waals surface area contributed by atoms with Crippen LogP contribution in [0.3, 0.4) is 0 Å².